The van der Waals surface area contributed by atoms with Crippen molar-refractivity contribution in [1.82, 2.24) is 15.0 Å². The van der Waals surface area contributed by atoms with Crippen LogP contribution in [0.15, 0.2) is 48.9 Å². The van der Waals surface area contributed by atoms with Crippen molar-refractivity contribution in [3.8, 4) is 22.4 Å². The molecule has 0 atom stereocenters. The summed E-state index contributed by atoms with van der Waals surface area (Å²) in [6.45, 7) is 2.00. The Morgan fingerprint density at radius 3 is 2.81 bits per heavy atom. The lowest BCUT2D eigenvalue weighted by Gasteiger charge is -2.08. The van der Waals surface area contributed by atoms with Gasteiger partial charge in [-0.1, -0.05) is 30.7 Å². The Morgan fingerprint density at radius 1 is 1.23 bits per heavy atom. The second kappa shape index (κ2) is 6.35. The standard InChI is InChI=1S/C20H16ClN3O2/c1-2-11-17(14-10-22-8-7-15(14)21)19(20(25)26)24-18(11)13-4-3-5-16-12(13)6-9-23-16/h3-10,23-24H,2H2,1H3,(H,25,26). The van der Waals surface area contributed by atoms with Crippen molar-refractivity contribution in [3.63, 3.8) is 0 Å². The van der Waals surface area contributed by atoms with Gasteiger partial charge >= 0.3 is 5.97 Å². The normalized spacial score (nSPS) is 11.2. The maximum atomic E-state index is 11.9. The predicted molar refractivity (Wildman–Crippen MR) is 103 cm³/mol. The highest BCUT2D eigenvalue weighted by Crippen LogP contribution is 2.40. The summed E-state index contributed by atoms with van der Waals surface area (Å²) in [6, 6.07) is 9.58. The van der Waals surface area contributed by atoms with Gasteiger partial charge in [0.2, 0.25) is 0 Å². The maximum absolute atomic E-state index is 11.9. The molecule has 0 aliphatic carbocycles. The van der Waals surface area contributed by atoms with Crippen molar-refractivity contribution in [2.75, 3.05) is 0 Å². The Kier molecular flexibility index (Phi) is 4.01. The molecule has 5 nitrogen and oxygen atoms in total. The minimum atomic E-state index is -1.03. The van der Waals surface area contributed by atoms with Gasteiger partial charge in [0.25, 0.3) is 0 Å². The summed E-state index contributed by atoms with van der Waals surface area (Å²) in [5.74, 6) is -1.03. The van der Waals surface area contributed by atoms with Crippen LogP contribution in [0.2, 0.25) is 5.02 Å². The first kappa shape index (κ1) is 16.4. The Balaban J connectivity index is 2.07. The number of halogens is 1. The Hall–Kier alpha value is -3.05. The van der Waals surface area contributed by atoms with Gasteiger partial charge in [-0.05, 0) is 30.2 Å². The average Bonchev–Trinajstić information content (AvgIpc) is 3.26. The van der Waals surface area contributed by atoms with Gasteiger partial charge in [-0.15, -0.1) is 0 Å². The highest BCUT2D eigenvalue weighted by Gasteiger charge is 2.25. The molecule has 0 amide bonds. The predicted octanol–water partition coefficient (Wildman–Crippen LogP) is 5.14. The number of fused-ring (bicyclic) bond motifs is 1. The van der Waals surface area contributed by atoms with E-state index in [0.29, 0.717) is 22.6 Å². The summed E-state index contributed by atoms with van der Waals surface area (Å²) in [5, 5.41) is 11.3. The first-order chi connectivity index (χ1) is 12.6. The van der Waals surface area contributed by atoms with Crippen molar-refractivity contribution in [2.45, 2.75) is 13.3 Å². The molecule has 0 aliphatic heterocycles. The van der Waals surface area contributed by atoms with E-state index in [1.54, 1.807) is 18.5 Å². The van der Waals surface area contributed by atoms with E-state index in [1.807, 2.05) is 37.4 Å². The van der Waals surface area contributed by atoms with Crippen molar-refractivity contribution < 1.29 is 9.90 Å². The van der Waals surface area contributed by atoms with Crippen LogP contribution in [0.4, 0.5) is 0 Å². The molecule has 0 fully saturated rings. The summed E-state index contributed by atoms with van der Waals surface area (Å²) in [4.78, 5) is 22.4. The van der Waals surface area contributed by atoms with E-state index in [4.69, 9.17) is 11.6 Å². The molecule has 0 radical (unpaired) electrons. The van der Waals surface area contributed by atoms with Crippen LogP contribution in [-0.4, -0.2) is 26.0 Å². The lowest BCUT2D eigenvalue weighted by atomic mass is 9.96. The number of nitrogens with one attached hydrogen (secondary N) is 2. The highest BCUT2D eigenvalue weighted by molar-refractivity contribution is 6.33. The van der Waals surface area contributed by atoms with E-state index >= 15 is 0 Å². The Labute approximate surface area is 154 Å². The van der Waals surface area contributed by atoms with Crippen LogP contribution in [-0.2, 0) is 6.42 Å². The monoisotopic (exact) mass is 365 g/mol. The number of H-pyrrole nitrogens is 2. The fourth-order valence-electron chi connectivity index (χ4n) is 3.44. The number of aromatic amines is 2. The van der Waals surface area contributed by atoms with E-state index in [2.05, 4.69) is 15.0 Å². The SMILES string of the molecule is CCc1c(-c2cccc3[nH]ccc23)[nH]c(C(=O)O)c1-c1cnccc1Cl. The number of hydrogen-bond donors (Lipinski definition) is 3. The van der Waals surface area contributed by atoms with Crippen molar-refractivity contribution in [2.24, 2.45) is 0 Å². The molecule has 0 spiro atoms. The first-order valence-corrected chi connectivity index (χ1v) is 8.64. The number of pyridine rings is 1. The molecule has 1 aromatic carbocycles. The van der Waals surface area contributed by atoms with Crippen LogP contribution in [0, 0.1) is 0 Å². The number of nitrogens with zero attached hydrogens (tertiary/aromatic N) is 1. The maximum Gasteiger partial charge on any atom is 0.352 e. The fraction of sp³-hybridized carbons (Fsp3) is 0.100. The lowest BCUT2D eigenvalue weighted by Crippen LogP contribution is -2.00. The number of aromatic nitrogens is 3. The van der Waals surface area contributed by atoms with Gasteiger partial charge in [-0.2, -0.15) is 0 Å². The molecule has 0 unspecified atom stereocenters. The van der Waals surface area contributed by atoms with Gasteiger partial charge in [-0.3, -0.25) is 4.98 Å². The summed E-state index contributed by atoms with van der Waals surface area (Å²) < 4.78 is 0. The summed E-state index contributed by atoms with van der Waals surface area (Å²) in [6.07, 6.45) is 5.73. The first-order valence-electron chi connectivity index (χ1n) is 8.26. The molecule has 3 N–H and O–H groups in total. The minimum Gasteiger partial charge on any atom is -0.477 e. The third kappa shape index (κ3) is 2.48. The zero-order valence-electron chi connectivity index (χ0n) is 14.0. The number of carboxylic acid groups (broad SMARTS) is 1. The highest BCUT2D eigenvalue weighted by atomic mass is 35.5. The topological polar surface area (TPSA) is 81.8 Å². The van der Waals surface area contributed by atoms with Crippen molar-refractivity contribution >= 4 is 28.5 Å². The number of carbonyl (C=O) groups is 1. The molecule has 4 rings (SSSR count). The van der Waals surface area contributed by atoms with Crippen LogP contribution >= 0.6 is 11.6 Å². The van der Waals surface area contributed by atoms with Gasteiger partial charge in [0, 0.05) is 46.2 Å². The molecule has 0 saturated carbocycles. The lowest BCUT2D eigenvalue weighted by molar-refractivity contribution is 0.0692. The largest absolute Gasteiger partial charge is 0.477 e. The van der Waals surface area contributed by atoms with Gasteiger partial charge in [0.1, 0.15) is 5.69 Å². The van der Waals surface area contributed by atoms with E-state index < -0.39 is 5.97 Å². The third-order valence-corrected chi connectivity index (χ3v) is 4.90. The molecule has 3 aromatic heterocycles. The number of hydrogen-bond acceptors (Lipinski definition) is 2. The van der Waals surface area contributed by atoms with E-state index in [0.717, 1.165) is 27.7 Å². The van der Waals surface area contributed by atoms with E-state index in [9.17, 15) is 9.90 Å². The third-order valence-electron chi connectivity index (χ3n) is 4.57. The van der Waals surface area contributed by atoms with E-state index in [-0.39, 0.29) is 5.69 Å². The second-order valence-electron chi connectivity index (χ2n) is 5.99. The van der Waals surface area contributed by atoms with Gasteiger partial charge in [0.05, 0.1) is 10.7 Å². The molecular formula is C20H16ClN3O2. The van der Waals surface area contributed by atoms with Crippen LogP contribution in [0.5, 0.6) is 0 Å². The summed E-state index contributed by atoms with van der Waals surface area (Å²) >= 11 is 6.35. The Bertz CT molecular complexity index is 1130. The molecule has 4 aromatic rings. The molecule has 0 aliphatic rings. The molecule has 3 heterocycles. The number of benzene rings is 1. The van der Waals surface area contributed by atoms with Crippen LogP contribution in [0.3, 0.4) is 0 Å². The van der Waals surface area contributed by atoms with Crippen LogP contribution in [0.25, 0.3) is 33.3 Å². The number of aromatic carboxylic acids is 1. The van der Waals surface area contributed by atoms with Gasteiger partial charge < -0.3 is 15.1 Å². The second-order valence-corrected chi connectivity index (χ2v) is 6.39. The van der Waals surface area contributed by atoms with Gasteiger partial charge in [0.15, 0.2) is 0 Å². The smallest absolute Gasteiger partial charge is 0.352 e. The fourth-order valence-corrected chi connectivity index (χ4v) is 3.64. The number of carboxylic acids is 1. The quantitative estimate of drug-likeness (QED) is 0.468. The minimum absolute atomic E-state index is 0.124. The molecule has 6 heteroatoms. The zero-order chi connectivity index (χ0) is 18.3. The number of rotatable bonds is 4. The molecule has 0 bridgehead atoms. The van der Waals surface area contributed by atoms with Crippen LogP contribution in [0.1, 0.15) is 23.0 Å². The van der Waals surface area contributed by atoms with Crippen molar-refractivity contribution in [3.05, 3.63) is 65.2 Å². The summed E-state index contributed by atoms with van der Waals surface area (Å²) in [7, 11) is 0. The van der Waals surface area contributed by atoms with Crippen molar-refractivity contribution in [1.29, 1.82) is 0 Å². The molecule has 0 saturated heterocycles. The molecular weight excluding hydrogens is 350 g/mol. The van der Waals surface area contributed by atoms with Crippen LogP contribution < -0.4 is 0 Å². The molecule has 130 valence electrons. The summed E-state index contributed by atoms with van der Waals surface area (Å²) in [5.41, 5.74) is 4.99. The average molecular weight is 366 g/mol. The zero-order valence-corrected chi connectivity index (χ0v) is 14.8. The van der Waals surface area contributed by atoms with Gasteiger partial charge in [-0.25, -0.2) is 4.79 Å². The molecule has 26 heavy (non-hydrogen) atoms. The van der Waals surface area contributed by atoms with E-state index in [1.165, 1.54) is 0 Å². The Morgan fingerprint density at radius 2 is 2.08 bits per heavy atom.